The number of anilines is 2. The van der Waals surface area contributed by atoms with Crippen LogP contribution in [0.25, 0.3) is 22.2 Å². The maximum Gasteiger partial charge on any atom is 0.176 e. The first-order valence-electron chi connectivity index (χ1n) is 13.1. The van der Waals surface area contributed by atoms with E-state index in [1.54, 1.807) is 45.0 Å². The van der Waals surface area contributed by atoms with E-state index in [0.29, 0.717) is 32.8 Å². The number of nitrogens with one attached hydrogen (secondary N) is 1. The van der Waals surface area contributed by atoms with Crippen molar-refractivity contribution in [1.82, 2.24) is 15.0 Å². The lowest BCUT2D eigenvalue weighted by molar-refractivity contribution is 0.0503. The van der Waals surface area contributed by atoms with E-state index < -0.39 is 21.4 Å². The molecule has 2 aromatic heterocycles. The van der Waals surface area contributed by atoms with Gasteiger partial charge < -0.3 is 14.8 Å². The van der Waals surface area contributed by atoms with Gasteiger partial charge in [-0.3, -0.25) is 0 Å². The Balaban J connectivity index is 1.33. The normalized spacial score (nSPS) is 13.2. The van der Waals surface area contributed by atoms with Crippen molar-refractivity contribution in [3.8, 4) is 17.0 Å². The number of nitrogens with zero attached hydrogens (tertiary/aromatic N) is 3. The van der Waals surface area contributed by atoms with Crippen molar-refractivity contribution >= 4 is 55.2 Å². The van der Waals surface area contributed by atoms with Crippen LogP contribution in [-0.4, -0.2) is 34.6 Å². The van der Waals surface area contributed by atoms with Crippen LogP contribution in [0.5, 0.6) is 5.75 Å². The lowest BCUT2D eigenvalue weighted by atomic mass is 10.1. The van der Waals surface area contributed by atoms with E-state index >= 15 is 0 Å². The molecule has 0 fully saturated rings. The Labute approximate surface area is 252 Å². The second-order valence-electron chi connectivity index (χ2n) is 9.51. The number of rotatable bonds is 11. The summed E-state index contributed by atoms with van der Waals surface area (Å²) >= 11 is 7.89. The van der Waals surface area contributed by atoms with Crippen LogP contribution >= 0.6 is 22.9 Å². The molecule has 218 valence electrons. The predicted molar refractivity (Wildman–Crippen MR) is 165 cm³/mol. The summed E-state index contributed by atoms with van der Waals surface area (Å²) in [6.45, 7) is 5.12. The third-order valence-corrected chi connectivity index (χ3v) is 9.81. The molecule has 0 aliphatic heterocycles. The number of halogens is 2. The van der Waals surface area contributed by atoms with Gasteiger partial charge in [-0.15, -0.1) is 11.3 Å². The van der Waals surface area contributed by atoms with E-state index in [1.165, 1.54) is 29.8 Å². The van der Waals surface area contributed by atoms with Crippen LogP contribution in [0, 0.1) is 5.82 Å². The van der Waals surface area contributed by atoms with Crippen LogP contribution in [0.2, 0.25) is 5.02 Å². The zero-order valence-electron chi connectivity index (χ0n) is 23.0. The van der Waals surface area contributed by atoms with Crippen molar-refractivity contribution in [1.29, 1.82) is 0 Å². The quantitative estimate of drug-likeness (QED) is 0.159. The van der Waals surface area contributed by atoms with Crippen molar-refractivity contribution < 1.29 is 22.3 Å². The third-order valence-electron chi connectivity index (χ3n) is 6.58. The average Bonchev–Trinajstić information content (AvgIpc) is 3.47. The average molecular weight is 627 g/mol. The number of ether oxygens (including phenoxy) is 2. The molecule has 8 nitrogen and oxygen atoms in total. The van der Waals surface area contributed by atoms with Gasteiger partial charge in [-0.25, -0.2) is 27.8 Å². The summed E-state index contributed by atoms with van der Waals surface area (Å²) in [6.07, 6.45) is 1.00. The summed E-state index contributed by atoms with van der Waals surface area (Å²) in [6, 6.07) is 17.3. The zero-order valence-corrected chi connectivity index (χ0v) is 25.4. The molecule has 0 aliphatic carbocycles. The number of sulfone groups is 1. The lowest BCUT2D eigenvalue weighted by Crippen LogP contribution is -2.24. The molecule has 2 atom stereocenters. The first kappa shape index (κ1) is 29.8. The molecule has 0 spiro atoms. The van der Waals surface area contributed by atoms with Gasteiger partial charge in [0, 0.05) is 27.8 Å². The van der Waals surface area contributed by atoms with Crippen LogP contribution in [0.1, 0.15) is 37.4 Å². The minimum atomic E-state index is -3.32. The molecule has 3 aromatic carbocycles. The highest BCUT2D eigenvalue weighted by atomic mass is 35.5. The molecule has 0 bridgehead atoms. The number of thiazole rings is 1. The second kappa shape index (κ2) is 12.7. The highest BCUT2D eigenvalue weighted by Crippen LogP contribution is 2.34. The summed E-state index contributed by atoms with van der Waals surface area (Å²) < 4.78 is 49.2. The topological polar surface area (TPSA) is 103 Å². The molecule has 2 unspecified atom stereocenters. The van der Waals surface area contributed by atoms with Crippen molar-refractivity contribution in [2.24, 2.45) is 0 Å². The van der Waals surface area contributed by atoms with Gasteiger partial charge >= 0.3 is 0 Å². The van der Waals surface area contributed by atoms with E-state index in [-0.39, 0.29) is 18.2 Å². The maximum absolute atomic E-state index is 13.5. The number of hydrogen-bond acceptors (Lipinski definition) is 9. The van der Waals surface area contributed by atoms with E-state index in [4.69, 9.17) is 26.1 Å². The fourth-order valence-electron chi connectivity index (χ4n) is 4.21. The molecule has 2 heterocycles. The molecule has 12 heteroatoms. The molecular weight excluding hydrogens is 599 g/mol. The Morgan fingerprint density at radius 3 is 2.67 bits per heavy atom. The summed E-state index contributed by atoms with van der Waals surface area (Å²) in [5.74, 6) is 0.744. The van der Waals surface area contributed by atoms with Crippen LogP contribution in [0.4, 0.5) is 15.9 Å². The van der Waals surface area contributed by atoms with Gasteiger partial charge in [0.15, 0.2) is 15.3 Å². The molecule has 5 aromatic rings. The molecule has 1 N–H and O–H groups in total. The van der Waals surface area contributed by atoms with Crippen LogP contribution in [0.3, 0.4) is 0 Å². The predicted octanol–water partition coefficient (Wildman–Crippen LogP) is 7.73. The molecule has 0 saturated carbocycles. The third kappa shape index (κ3) is 6.87. The van der Waals surface area contributed by atoms with Gasteiger partial charge in [0.2, 0.25) is 0 Å². The molecule has 0 radical (unpaired) electrons. The van der Waals surface area contributed by atoms with Gasteiger partial charge in [0.25, 0.3) is 0 Å². The van der Waals surface area contributed by atoms with Gasteiger partial charge in [0.1, 0.15) is 41.4 Å². The first-order chi connectivity index (χ1) is 20.1. The highest BCUT2D eigenvalue weighted by molar-refractivity contribution is 7.91. The summed E-state index contributed by atoms with van der Waals surface area (Å²) in [5.41, 5.74) is 2.80. The lowest BCUT2D eigenvalue weighted by Gasteiger charge is -2.17. The standard InChI is InChI=1S/C30H28ClFN4O4S2/c1-4-42(37,38)19(3)40-18(2)30-36-27(16-41-30)21-8-10-26-24(13-21)29(34-17-33-26)35-23-9-11-28(25(31)14-23)39-15-20-6-5-7-22(32)12-20/h5-14,16-19H,4,15H2,1-3H3,(H,33,34,35). The van der Waals surface area contributed by atoms with E-state index in [0.717, 1.165) is 22.2 Å². The molecule has 5 rings (SSSR count). The highest BCUT2D eigenvalue weighted by Gasteiger charge is 2.24. The number of fused-ring (bicyclic) bond motifs is 1. The molecule has 0 saturated heterocycles. The number of benzene rings is 3. The summed E-state index contributed by atoms with van der Waals surface area (Å²) in [5, 5.41) is 7.06. The second-order valence-corrected chi connectivity index (χ2v) is 13.4. The maximum atomic E-state index is 13.5. The fourth-order valence-corrected chi connectivity index (χ4v) is 6.07. The minimum absolute atomic E-state index is 0.0141. The Hall–Kier alpha value is -3.64. The Morgan fingerprint density at radius 2 is 1.90 bits per heavy atom. The minimum Gasteiger partial charge on any atom is -0.487 e. The molecule has 42 heavy (non-hydrogen) atoms. The van der Waals surface area contributed by atoms with Crippen molar-refractivity contribution in [3.05, 3.63) is 93.8 Å². The number of hydrogen-bond donors (Lipinski definition) is 1. The summed E-state index contributed by atoms with van der Waals surface area (Å²) in [7, 11) is -3.32. The van der Waals surface area contributed by atoms with Crippen molar-refractivity contribution in [3.63, 3.8) is 0 Å². The molecular formula is C30H28ClFN4O4S2. The first-order valence-corrected chi connectivity index (χ1v) is 16.1. The van der Waals surface area contributed by atoms with Gasteiger partial charge in [-0.05, 0) is 61.9 Å². The molecule has 0 aliphatic rings. The Bertz CT molecular complexity index is 1830. The van der Waals surface area contributed by atoms with Crippen molar-refractivity contribution in [2.75, 3.05) is 11.1 Å². The van der Waals surface area contributed by atoms with Crippen LogP contribution in [0.15, 0.2) is 72.4 Å². The summed E-state index contributed by atoms with van der Waals surface area (Å²) in [4.78, 5) is 13.5. The fraction of sp³-hybridized carbons (Fsp3) is 0.233. The SMILES string of the molecule is CCS(=O)(=O)C(C)OC(C)c1nc(-c2ccc3ncnc(Nc4ccc(OCc5cccc(F)c5)c(Cl)c4)c3c2)cs1. The smallest absolute Gasteiger partial charge is 0.176 e. The van der Waals surface area contributed by atoms with E-state index in [2.05, 4.69) is 15.3 Å². The number of aromatic nitrogens is 3. The van der Waals surface area contributed by atoms with Crippen LogP contribution < -0.4 is 10.1 Å². The van der Waals surface area contributed by atoms with Gasteiger partial charge in [-0.1, -0.05) is 36.7 Å². The van der Waals surface area contributed by atoms with Crippen LogP contribution in [-0.2, 0) is 21.2 Å². The Kier molecular flexibility index (Phi) is 9.02. The largest absolute Gasteiger partial charge is 0.487 e. The van der Waals surface area contributed by atoms with Gasteiger partial charge in [0.05, 0.1) is 16.2 Å². The monoisotopic (exact) mass is 626 g/mol. The van der Waals surface area contributed by atoms with Crippen molar-refractivity contribution in [2.45, 2.75) is 38.9 Å². The van der Waals surface area contributed by atoms with E-state index in [9.17, 15) is 12.8 Å². The molecule has 0 amide bonds. The Morgan fingerprint density at radius 1 is 1.07 bits per heavy atom. The van der Waals surface area contributed by atoms with Gasteiger partial charge in [-0.2, -0.15) is 0 Å². The van der Waals surface area contributed by atoms with E-state index in [1.807, 2.05) is 29.6 Å². The zero-order chi connectivity index (χ0) is 29.9.